The van der Waals surface area contributed by atoms with Crippen molar-refractivity contribution in [3.05, 3.63) is 39.9 Å². The summed E-state index contributed by atoms with van der Waals surface area (Å²) in [4.78, 5) is 25.8. The Morgan fingerprint density at radius 2 is 2.05 bits per heavy atom. The highest BCUT2D eigenvalue weighted by molar-refractivity contribution is 9.10. The van der Waals surface area contributed by atoms with Gasteiger partial charge in [-0.1, -0.05) is 36.4 Å². The molecule has 1 amide bonds. The molecule has 1 aliphatic rings. The number of amides is 1. The highest BCUT2D eigenvalue weighted by atomic mass is 79.9. The van der Waals surface area contributed by atoms with Crippen molar-refractivity contribution < 1.29 is 9.59 Å². The van der Waals surface area contributed by atoms with Gasteiger partial charge < -0.3 is 10.2 Å². The number of carbonyl (C=O) groups is 2. The lowest BCUT2D eigenvalue weighted by Gasteiger charge is -2.20. The van der Waals surface area contributed by atoms with Crippen molar-refractivity contribution in [1.29, 1.82) is 0 Å². The van der Waals surface area contributed by atoms with Crippen LogP contribution in [0, 0.1) is 6.92 Å². The summed E-state index contributed by atoms with van der Waals surface area (Å²) in [5, 5.41) is 3.26. The summed E-state index contributed by atoms with van der Waals surface area (Å²) in [5.41, 5.74) is 2.96. The van der Waals surface area contributed by atoms with Crippen LogP contribution in [-0.2, 0) is 4.79 Å². The van der Waals surface area contributed by atoms with E-state index in [0.29, 0.717) is 30.4 Å². The van der Waals surface area contributed by atoms with E-state index in [0.717, 1.165) is 15.6 Å². The molecule has 0 unspecified atom stereocenters. The van der Waals surface area contributed by atoms with Crippen LogP contribution < -0.4 is 10.2 Å². The first-order valence-corrected chi connectivity index (χ1v) is 7.67. The minimum atomic E-state index is -0.475. The molecular formula is C16H19BrN2O2. The van der Waals surface area contributed by atoms with Crippen LogP contribution in [0.2, 0.25) is 0 Å². The van der Waals surface area contributed by atoms with E-state index >= 15 is 0 Å². The van der Waals surface area contributed by atoms with E-state index in [2.05, 4.69) is 41.7 Å². The molecule has 0 spiro atoms. The van der Waals surface area contributed by atoms with E-state index in [1.807, 2.05) is 13.0 Å². The number of ketones is 1. The van der Waals surface area contributed by atoms with Gasteiger partial charge in [0.15, 0.2) is 0 Å². The van der Waals surface area contributed by atoms with Crippen LogP contribution in [0.15, 0.2) is 28.8 Å². The van der Waals surface area contributed by atoms with E-state index < -0.39 is 11.7 Å². The van der Waals surface area contributed by atoms with Crippen LogP contribution in [0.3, 0.4) is 0 Å². The lowest BCUT2D eigenvalue weighted by Crippen LogP contribution is -2.35. The number of benzene rings is 1. The number of nitrogens with zero attached hydrogens (tertiary/aromatic N) is 1. The Balaban J connectivity index is 2.25. The van der Waals surface area contributed by atoms with Crippen LogP contribution in [0.1, 0.15) is 29.8 Å². The first-order chi connectivity index (χ1) is 9.81. The highest BCUT2D eigenvalue weighted by Crippen LogP contribution is 2.35. The van der Waals surface area contributed by atoms with Gasteiger partial charge in [0.25, 0.3) is 11.7 Å². The predicted molar refractivity (Wildman–Crippen MR) is 87.8 cm³/mol. The average Bonchev–Trinajstić information content (AvgIpc) is 2.62. The van der Waals surface area contributed by atoms with E-state index in [4.69, 9.17) is 0 Å². The quantitative estimate of drug-likeness (QED) is 0.656. The minimum absolute atomic E-state index is 0.350. The maximum Gasteiger partial charge on any atom is 0.299 e. The summed E-state index contributed by atoms with van der Waals surface area (Å²) in [6, 6.07) is 3.97. The minimum Gasteiger partial charge on any atom is -0.311 e. The molecule has 1 aromatic carbocycles. The number of hydrogen-bond donors (Lipinski definition) is 1. The molecule has 0 atom stereocenters. The van der Waals surface area contributed by atoms with Gasteiger partial charge in [0.1, 0.15) is 0 Å². The molecule has 5 heteroatoms. The number of hydrogen-bond acceptors (Lipinski definition) is 3. The number of carbonyl (C=O) groups excluding carboxylic acids is 2. The number of Topliss-reactive ketones (excluding diaryl/α,β-unsaturated/α-hetero) is 1. The Hall–Kier alpha value is -1.46. The molecule has 4 nitrogen and oxygen atoms in total. The second-order valence-electron chi connectivity index (χ2n) is 5.62. The average molecular weight is 351 g/mol. The molecule has 21 heavy (non-hydrogen) atoms. The fraction of sp³-hybridized carbons (Fsp3) is 0.375. The van der Waals surface area contributed by atoms with Gasteiger partial charge >= 0.3 is 0 Å². The maximum absolute atomic E-state index is 12.2. The number of halogens is 1. The van der Waals surface area contributed by atoms with E-state index in [1.54, 1.807) is 6.07 Å². The third kappa shape index (κ3) is 3.24. The van der Waals surface area contributed by atoms with Crippen molar-refractivity contribution in [3.8, 4) is 0 Å². The van der Waals surface area contributed by atoms with E-state index in [9.17, 15) is 9.59 Å². The lowest BCUT2D eigenvalue weighted by atomic mass is 10.1. The summed E-state index contributed by atoms with van der Waals surface area (Å²) in [6.07, 6.45) is 0. The molecule has 1 N–H and O–H groups in total. The maximum atomic E-state index is 12.2. The topological polar surface area (TPSA) is 49.4 Å². The molecule has 0 aromatic heterocycles. The molecule has 0 fully saturated rings. The highest BCUT2D eigenvalue weighted by Gasteiger charge is 2.37. The SMILES string of the molecule is C=C(CNC(C)C)CN1C(=O)C(=O)c2cc(Br)cc(C)c21. The smallest absolute Gasteiger partial charge is 0.299 e. The third-order valence-corrected chi connectivity index (χ3v) is 3.82. The number of fused-ring (bicyclic) bond motifs is 1. The number of aryl methyl sites for hydroxylation is 1. The van der Waals surface area contributed by atoms with Gasteiger partial charge in [-0.05, 0) is 30.2 Å². The van der Waals surface area contributed by atoms with Gasteiger partial charge in [0.05, 0.1) is 11.3 Å². The third-order valence-electron chi connectivity index (χ3n) is 3.36. The summed E-state index contributed by atoms with van der Waals surface area (Å²) in [5.74, 6) is -0.920. The van der Waals surface area contributed by atoms with Crippen LogP contribution >= 0.6 is 15.9 Å². The second kappa shape index (κ2) is 6.12. The number of rotatable bonds is 5. The van der Waals surface area contributed by atoms with Crippen LogP contribution in [-0.4, -0.2) is 30.8 Å². The molecule has 0 radical (unpaired) electrons. The Labute approximate surface area is 133 Å². The summed E-state index contributed by atoms with van der Waals surface area (Å²) in [7, 11) is 0. The molecular weight excluding hydrogens is 332 g/mol. The summed E-state index contributed by atoms with van der Waals surface area (Å²) in [6.45, 7) is 11.0. The molecule has 0 bridgehead atoms. The largest absolute Gasteiger partial charge is 0.311 e. The van der Waals surface area contributed by atoms with Crippen LogP contribution in [0.5, 0.6) is 0 Å². The molecule has 1 aromatic rings. The molecule has 0 saturated carbocycles. The van der Waals surface area contributed by atoms with Gasteiger partial charge in [0.2, 0.25) is 0 Å². The zero-order valence-electron chi connectivity index (χ0n) is 12.5. The van der Waals surface area contributed by atoms with Crippen molar-refractivity contribution in [3.63, 3.8) is 0 Å². The molecule has 1 heterocycles. The Kier molecular flexibility index (Phi) is 4.64. The predicted octanol–water partition coefficient (Wildman–Crippen LogP) is 2.84. The molecule has 0 aliphatic carbocycles. The van der Waals surface area contributed by atoms with E-state index in [-0.39, 0.29) is 0 Å². The van der Waals surface area contributed by atoms with Crippen molar-refractivity contribution in [2.45, 2.75) is 26.8 Å². The van der Waals surface area contributed by atoms with Gasteiger partial charge in [-0.15, -0.1) is 0 Å². The molecule has 0 saturated heterocycles. The molecule has 1 aliphatic heterocycles. The fourth-order valence-corrected chi connectivity index (χ4v) is 2.96. The second-order valence-corrected chi connectivity index (χ2v) is 6.54. The molecule has 112 valence electrons. The Morgan fingerprint density at radius 1 is 1.38 bits per heavy atom. The number of nitrogens with one attached hydrogen (secondary N) is 1. The van der Waals surface area contributed by atoms with Crippen molar-refractivity contribution in [1.82, 2.24) is 5.32 Å². The van der Waals surface area contributed by atoms with Crippen molar-refractivity contribution in [2.24, 2.45) is 0 Å². The lowest BCUT2D eigenvalue weighted by molar-refractivity contribution is -0.114. The monoisotopic (exact) mass is 350 g/mol. The van der Waals surface area contributed by atoms with Gasteiger partial charge in [0, 0.05) is 23.6 Å². The fourth-order valence-electron chi connectivity index (χ4n) is 2.39. The Morgan fingerprint density at radius 3 is 2.67 bits per heavy atom. The van der Waals surface area contributed by atoms with Crippen molar-refractivity contribution in [2.75, 3.05) is 18.0 Å². The first-order valence-electron chi connectivity index (χ1n) is 6.87. The van der Waals surface area contributed by atoms with Gasteiger partial charge in [-0.3, -0.25) is 9.59 Å². The van der Waals surface area contributed by atoms with E-state index in [1.165, 1.54) is 4.90 Å². The molecule has 2 rings (SSSR count). The Bertz CT molecular complexity index is 623. The normalized spacial score (nSPS) is 14.0. The van der Waals surface area contributed by atoms with Gasteiger partial charge in [-0.2, -0.15) is 0 Å². The number of anilines is 1. The first kappa shape index (κ1) is 15.9. The zero-order chi connectivity index (χ0) is 15.7. The summed E-state index contributed by atoms with van der Waals surface area (Å²) >= 11 is 3.37. The van der Waals surface area contributed by atoms with Gasteiger partial charge in [-0.25, -0.2) is 0 Å². The summed E-state index contributed by atoms with van der Waals surface area (Å²) < 4.78 is 0.807. The standard InChI is InChI=1S/C16H19BrN2O2/c1-9(2)18-7-10(3)8-19-14-11(4)5-12(17)6-13(14)15(20)16(19)21/h5-6,9,18H,3,7-8H2,1-2,4H3. The van der Waals surface area contributed by atoms with Crippen LogP contribution in [0.25, 0.3) is 0 Å². The van der Waals surface area contributed by atoms with Crippen molar-refractivity contribution >= 4 is 33.3 Å². The van der Waals surface area contributed by atoms with Crippen LogP contribution in [0.4, 0.5) is 5.69 Å². The zero-order valence-corrected chi connectivity index (χ0v) is 14.1.